The lowest BCUT2D eigenvalue weighted by Crippen LogP contribution is -1.98. The number of halogens is 3. The van der Waals surface area contributed by atoms with Gasteiger partial charge in [0.15, 0.2) is 0 Å². The van der Waals surface area contributed by atoms with E-state index < -0.39 is 5.38 Å². The summed E-state index contributed by atoms with van der Waals surface area (Å²) in [4.78, 5) is 0. The van der Waals surface area contributed by atoms with Crippen molar-refractivity contribution in [3.05, 3.63) is 57.6 Å². The van der Waals surface area contributed by atoms with Crippen molar-refractivity contribution in [2.75, 3.05) is 11.5 Å². The van der Waals surface area contributed by atoms with Crippen molar-refractivity contribution in [3.63, 3.8) is 0 Å². The third-order valence-corrected chi connectivity index (χ3v) is 3.68. The molecule has 0 aliphatic heterocycles. The summed E-state index contributed by atoms with van der Waals surface area (Å²) >= 11 is 18.7. The van der Waals surface area contributed by atoms with Crippen LogP contribution in [0.4, 0.5) is 11.4 Å². The fraction of sp³-hybridized carbons (Fsp3) is 0.0769. The van der Waals surface area contributed by atoms with Crippen LogP contribution >= 0.6 is 34.8 Å². The van der Waals surface area contributed by atoms with Gasteiger partial charge in [-0.05, 0) is 29.8 Å². The summed E-state index contributed by atoms with van der Waals surface area (Å²) in [6.07, 6.45) is 0. The van der Waals surface area contributed by atoms with Crippen LogP contribution in [0.25, 0.3) is 0 Å². The standard InChI is InChI=1S/C13H11Cl3N2/c14-10-5-9(18)6-11(15)12(10)13(16)7-1-3-8(17)4-2-7/h1-6,13H,17-18H2. The van der Waals surface area contributed by atoms with E-state index >= 15 is 0 Å². The van der Waals surface area contributed by atoms with Crippen LogP contribution < -0.4 is 11.5 Å². The molecule has 0 amide bonds. The summed E-state index contributed by atoms with van der Waals surface area (Å²) in [7, 11) is 0. The topological polar surface area (TPSA) is 52.0 Å². The number of hydrogen-bond acceptors (Lipinski definition) is 2. The van der Waals surface area contributed by atoms with Gasteiger partial charge < -0.3 is 11.5 Å². The molecule has 0 saturated carbocycles. The van der Waals surface area contributed by atoms with Crippen LogP contribution in [0.1, 0.15) is 16.5 Å². The molecule has 94 valence electrons. The summed E-state index contributed by atoms with van der Waals surface area (Å²) in [6, 6.07) is 10.5. The van der Waals surface area contributed by atoms with Crippen LogP contribution in [-0.4, -0.2) is 0 Å². The molecule has 2 rings (SSSR count). The molecule has 0 fully saturated rings. The molecular formula is C13H11Cl3N2. The maximum absolute atomic E-state index is 6.40. The Morgan fingerprint density at radius 1 is 0.833 bits per heavy atom. The van der Waals surface area contributed by atoms with Gasteiger partial charge in [-0.25, -0.2) is 0 Å². The quantitative estimate of drug-likeness (QED) is 0.634. The Hall–Kier alpha value is -1.09. The van der Waals surface area contributed by atoms with E-state index in [4.69, 9.17) is 46.3 Å². The normalized spacial score (nSPS) is 12.4. The van der Waals surface area contributed by atoms with E-state index in [9.17, 15) is 0 Å². The molecule has 0 aromatic heterocycles. The van der Waals surface area contributed by atoms with Crippen molar-refractivity contribution in [1.82, 2.24) is 0 Å². The molecule has 0 heterocycles. The van der Waals surface area contributed by atoms with Crippen LogP contribution in [-0.2, 0) is 0 Å². The van der Waals surface area contributed by atoms with Crippen molar-refractivity contribution in [1.29, 1.82) is 0 Å². The fourth-order valence-corrected chi connectivity index (χ4v) is 2.89. The number of rotatable bonds is 2. The highest BCUT2D eigenvalue weighted by Gasteiger charge is 2.18. The zero-order chi connectivity index (χ0) is 13.3. The highest BCUT2D eigenvalue weighted by atomic mass is 35.5. The van der Waals surface area contributed by atoms with Crippen LogP contribution in [0.15, 0.2) is 36.4 Å². The molecule has 0 bridgehead atoms. The van der Waals surface area contributed by atoms with Crippen molar-refractivity contribution in [2.45, 2.75) is 5.38 Å². The maximum atomic E-state index is 6.40. The molecular weight excluding hydrogens is 291 g/mol. The Morgan fingerprint density at radius 3 is 1.83 bits per heavy atom. The summed E-state index contributed by atoms with van der Waals surface area (Å²) in [6.45, 7) is 0. The first kappa shape index (κ1) is 13.3. The van der Waals surface area contributed by atoms with Gasteiger partial charge in [-0.15, -0.1) is 11.6 Å². The summed E-state index contributed by atoms with van der Waals surface area (Å²) in [5.41, 5.74) is 14.0. The summed E-state index contributed by atoms with van der Waals surface area (Å²) < 4.78 is 0. The highest BCUT2D eigenvalue weighted by molar-refractivity contribution is 6.38. The van der Waals surface area contributed by atoms with Crippen LogP contribution in [0, 0.1) is 0 Å². The molecule has 0 spiro atoms. The Bertz CT molecular complexity index is 544. The van der Waals surface area contributed by atoms with Gasteiger partial charge in [0.25, 0.3) is 0 Å². The lowest BCUT2D eigenvalue weighted by molar-refractivity contribution is 1.14. The monoisotopic (exact) mass is 300 g/mol. The van der Waals surface area contributed by atoms with Crippen molar-refractivity contribution >= 4 is 46.2 Å². The number of benzene rings is 2. The maximum Gasteiger partial charge on any atom is 0.0864 e. The number of nitrogens with two attached hydrogens (primary N) is 2. The Kier molecular flexibility index (Phi) is 3.91. The van der Waals surface area contributed by atoms with E-state index in [1.54, 1.807) is 24.3 Å². The van der Waals surface area contributed by atoms with E-state index in [1.807, 2.05) is 12.1 Å². The van der Waals surface area contributed by atoms with E-state index in [2.05, 4.69) is 0 Å². The SMILES string of the molecule is Nc1ccc(C(Cl)c2c(Cl)cc(N)cc2Cl)cc1. The zero-order valence-corrected chi connectivity index (χ0v) is 11.6. The van der Waals surface area contributed by atoms with Gasteiger partial charge in [0.2, 0.25) is 0 Å². The molecule has 1 unspecified atom stereocenters. The first-order valence-electron chi connectivity index (χ1n) is 5.23. The van der Waals surface area contributed by atoms with E-state index in [-0.39, 0.29) is 0 Å². The number of alkyl halides is 1. The van der Waals surface area contributed by atoms with E-state index in [0.29, 0.717) is 27.0 Å². The van der Waals surface area contributed by atoms with Crippen LogP contribution in [0.5, 0.6) is 0 Å². The minimum atomic E-state index is -0.439. The predicted octanol–water partition coefficient (Wildman–Crippen LogP) is 4.49. The van der Waals surface area contributed by atoms with Gasteiger partial charge in [0, 0.05) is 27.0 Å². The second-order valence-electron chi connectivity index (χ2n) is 3.93. The second kappa shape index (κ2) is 5.27. The van der Waals surface area contributed by atoms with Gasteiger partial charge in [-0.1, -0.05) is 35.3 Å². The highest BCUT2D eigenvalue weighted by Crippen LogP contribution is 2.39. The zero-order valence-electron chi connectivity index (χ0n) is 9.33. The lowest BCUT2D eigenvalue weighted by Gasteiger charge is -2.15. The molecule has 0 radical (unpaired) electrons. The Labute approximate surface area is 120 Å². The first-order valence-corrected chi connectivity index (χ1v) is 6.42. The number of hydrogen-bond donors (Lipinski definition) is 2. The van der Waals surface area contributed by atoms with Crippen LogP contribution in [0.2, 0.25) is 10.0 Å². The molecule has 18 heavy (non-hydrogen) atoms. The molecule has 5 heteroatoms. The fourth-order valence-electron chi connectivity index (χ4n) is 1.68. The lowest BCUT2D eigenvalue weighted by atomic mass is 10.0. The van der Waals surface area contributed by atoms with Gasteiger partial charge in [0.05, 0.1) is 5.38 Å². The minimum Gasteiger partial charge on any atom is -0.399 e. The first-order chi connectivity index (χ1) is 8.49. The van der Waals surface area contributed by atoms with Crippen molar-refractivity contribution in [2.24, 2.45) is 0 Å². The van der Waals surface area contributed by atoms with Crippen molar-refractivity contribution in [3.8, 4) is 0 Å². The molecule has 2 nitrogen and oxygen atoms in total. The van der Waals surface area contributed by atoms with E-state index in [1.165, 1.54) is 0 Å². The molecule has 1 atom stereocenters. The molecule has 0 aliphatic rings. The Morgan fingerprint density at radius 2 is 1.33 bits per heavy atom. The molecule has 2 aromatic rings. The van der Waals surface area contributed by atoms with Gasteiger partial charge in [-0.2, -0.15) is 0 Å². The van der Waals surface area contributed by atoms with Gasteiger partial charge in [-0.3, -0.25) is 0 Å². The molecule has 4 N–H and O–H groups in total. The molecule has 2 aromatic carbocycles. The Balaban J connectivity index is 2.46. The molecule has 0 saturated heterocycles. The van der Waals surface area contributed by atoms with Crippen molar-refractivity contribution < 1.29 is 0 Å². The molecule has 0 aliphatic carbocycles. The third kappa shape index (κ3) is 2.66. The van der Waals surface area contributed by atoms with Gasteiger partial charge in [0.1, 0.15) is 0 Å². The predicted molar refractivity (Wildman–Crippen MR) is 79.4 cm³/mol. The largest absolute Gasteiger partial charge is 0.399 e. The van der Waals surface area contributed by atoms with Gasteiger partial charge >= 0.3 is 0 Å². The average molecular weight is 302 g/mol. The van der Waals surface area contributed by atoms with E-state index in [0.717, 1.165) is 5.56 Å². The smallest absolute Gasteiger partial charge is 0.0864 e. The summed E-state index contributed by atoms with van der Waals surface area (Å²) in [5.74, 6) is 0. The number of anilines is 2. The summed E-state index contributed by atoms with van der Waals surface area (Å²) in [5, 5.41) is 0.472. The minimum absolute atomic E-state index is 0.439. The average Bonchev–Trinajstić information content (AvgIpc) is 2.28. The number of nitrogen functional groups attached to an aromatic ring is 2. The van der Waals surface area contributed by atoms with Crippen LogP contribution in [0.3, 0.4) is 0 Å². The second-order valence-corrected chi connectivity index (χ2v) is 5.18. The third-order valence-electron chi connectivity index (χ3n) is 2.58.